The van der Waals surface area contributed by atoms with Crippen LogP contribution < -0.4 is 16.4 Å². The third-order valence-electron chi connectivity index (χ3n) is 2.54. The van der Waals surface area contributed by atoms with E-state index in [2.05, 4.69) is 10.6 Å². The average Bonchev–Trinajstić information content (AvgIpc) is 2.37. The summed E-state index contributed by atoms with van der Waals surface area (Å²) in [7, 11) is 0. The average molecular weight is 282 g/mol. The van der Waals surface area contributed by atoms with Crippen LogP contribution in [-0.2, 0) is 0 Å². The van der Waals surface area contributed by atoms with E-state index in [9.17, 15) is 14.9 Å². The highest BCUT2D eigenvalue weighted by molar-refractivity contribution is 5.99. The summed E-state index contributed by atoms with van der Waals surface area (Å²) in [5.41, 5.74) is 5.54. The number of carbonyl (C=O) groups excluding carboxylic acids is 1. The number of non-ortho nitro benzene ring substituents is 1. The Morgan fingerprint density at radius 2 is 2.20 bits per heavy atom. The standard InChI is InChI=1S/C12H18N4O4/c1-8(17)7-14-4-5-15-11-3-2-9(16(19)20)6-10(11)12(13)18/h2-3,6,8,14-15,17H,4-5,7H2,1H3,(H2,13,18). The first-order chi connectivity index (χ1) is 9.41. The lowest BCUT2D eigenvalue weighted by Crippen LogP contribution is -2.29. The number of benzene rings is 1. The highest BCUT2D eigenvalue weighted by Gasteiger charge is 2.14. The molecule has 0 aromatic heterocycles. The Hall–Kier alpha value is -2.19. The van der Waals surface area contributed by atoms with E-state index in [4.69, 9.17) is 10.8 Å². The Morgan fingerprint density at radius 3 is 2.75 bits per heavy atom. The van der Waals surface area contributed by atoms with Gasteiger partial charge in [0.1, 0.15) is 0 Å². The van der Waals surface area contributed by atoms with Gasteiger partial charge in [-0.1, -0.05) is 0 Å². The molecular formula is C12H18N4O4. The van der Waals surface area contributed by atoms with Crippen LogP contribution >= 0.6 is 0 Å². The molecule has 0 bridgehead atoms. The van der Waals surface area contributed by atoms with Crippen LogP contribution in [0.4, 0.5) is 11.4 Å². The van der Waals surface area contributed by atoms with Gasteiger partial charge in [-0.2, -0.15) is 0 Å². The van der Waals surface area contributed by atoms with Crippen LogP contribution in [0.2, 0.25) is 0 Å². The fourth-order valence-electron chi connectivity index (χ4n) is 1.60. The van der Waals surface area contributed by atoms with E-state index in [0.717, 1.165) is 6.07 Å². The fraction of sp³-hybridized carbons (Fsp3) is 0.417. The Balaban J connectivity index is 2.65. The zero-order chi connectivity index (χ0) is 15.1. The van der Waals surface area contributed by atoms with E-state index in [0.29, 0.717) is 25.3 Å². The summed E-state index contributed by atoms with van der Waals surface area (Å²) < 4.78 is 0. The van der Waals surface area contributed by atoms with Crippen molar-refractivity contribution in [2.24, 2.45) is 5.73 Å². The maximum absolute atomic E-state index is 11.3. The fourth-order valence-corrected chi connectivity index (χ4v) is 1.60. The van der Waals surface area contributed by atoms with Gasteiger partial charge >= 0.3 is 0 Å². The molecule has 110 valence electrons. The number of aliphatic hydroxyl groups excluding tert-OH is 1. The first-order valence-electron chi connectivity index (χ1n) is 6.12. The molecule has 0 heterocycles. The molecule has 1 amide bonds. The Morgan fingerprint density at radius 1 is 1.50 bits per heavy atom. The van der Waals surface area contributed by atoms with Gasteiger partial charge in [0.25, 0.3) is 11.6 Å². The smallest absolute Gasteiger partial charge is 0.270 e. The van der Waals surface area contributed by atoms with Crippen LogP contribution in [0.15, 0.2) is 18.2 Å². The van der Waals surface area contributed by atoms with Gasteiger partial charge in [0.15, 0.2) is 0 Å². The number of hydrogen-bond donors (Lipinski definition) is 4. The van der Waals surface area contributed by atoms with E-state index in [-0.39, 0.29) is 11.3 Å². The third kappa shape index (κ3) is 4.82. The number of nitro groups is 1. The molecular weight excluding hydrogens is 264 g/mol. The minimum atomic E-state index is -0.729. The summed E-state index contributed by atoms with van der Waals surface area (Å²) in [5.74, 6) is -0.729. The van der Waals surface area contributed by atoms with Gasteiger partial charge in [-0.25, -0.2) is 0 Å². The Bertz CT molecular complexity index is 490. The summed E-state index contributed by atoms with van der Waals surface area (Å²) in [6.45, 7) is 3.19. The van der Waals surface area contributed by atoms with Crippen molar-refractivity contribution in [3.8, 4) is 0 Å². The summed E-state index contributed by atoms with van der Waals surface area (Å²) in [6.07, 6.45) is -0.435. The number of aliphatic hydroxyl groups is 1. The number of carbonyl (C=O) groups is 1. The number of nitro benzene ring substituents is 1. The molecule has 0 radical (unpaired) electrons. The van der Waals surface area contributed by atoms with E-state index in [1.165, 1.54) is 12.1 Å². The number of anilines is 1. The zero-order valence-corrected chi connectivity index (χ0v) is 11.1. The van der Waals surface area contributed by atoms with Gasteiger partial charge in [0.2, 0.25) is 0 Å². The number of nitrogens with one attached hydrogen (secondary N) is 2. The van der Waals surface area contributed by atoms with Crippen molar-refractivity contribution in [3.63, 3.8) is 0 Å². The molecule has 0 saturated heterocycles. The molecule has 0 aliphatic rings. The molecule has 0 aliphatic heterocycles. The molecule has 0 spiro atoms. The summed E-state index contributed by atoms with van der Waals surface area (Å²) in [5, 5.41) is 25.7. The molecule has 1 aromatic rings. The summed E-state index contributed by atoms with van der Waals surface area (Å²) in [6, 6.07) is 3.90. The largest absolute Gasteiger partial charge is 0.392 e. The predicted molar refractivity (Wildman–Crippen MR) is 74.7 cm³/mol. The monoisotopic (exact) mass is 282 g/mol. The maximum Gasteiger partial charge on any atom is 0.270 e. The molecule has 8 heteroatoms. The lowest BCUT2D eigenvalue weighted by Gasteiger charge is -2.11. The quantitative estimate of drug-likeness (QED) is 0.303. The zero-order valence-electron chi connectivity index (χ0n) is 11.1. The molecule has 0 saturated carbocycles. The Kier molecular flexibility index (Phi) is 5.88. The van der Waals surface area contributed by atoms with Gasteiger partial charge in [0.05, 0.1) is 16.6 Å². The first kappa shape index (κ1) is 15.9. The minimum absolute atomic E-state index is 0.0785. The molecule has 1 rings (SSSR count). The number of amides is 1. The third-order valence-corrected chi connectivity index (χ3v) is 2.54. The van der Waals surface area contributed by atoms with Gasteiger partial charge in [-0.05, 0) is 13.0 Å². The van der Waals surface area contributed by atoms with Crippen molar-refractivity contribution in [2.45, 2.75) is 13.0 Å². The number of rotatable bonds is 8. The van der Waals surface area contributed by atoms with Gasteiger partial charge < -0.3 is 21.5 Å². The van der Waals surface area contributed by atoms with E-state index in [1.54, 1.807) is 6.92 Å². The molecule has 20 heavy (non-hydrogen) atoms. The van der Waals surface area contributed by atoms with Gasteiger partial charge in [-0.15, -0.1) is 0 Å². The lowest BCUT2D eigenvalue weighted by molar-refractivity contribution is -0.384. The second kappa shape index (κ2) is 7.41. The maximum atomic E-state index is 11.3. The highest BCUT2D eigenvalue weighted by Crippen LogP contribution is 2.21. The molecule has 8 nitrogen and oxygen atoms in total. The van der Waals surface area contributed by atoms with Crippen LogP contribution in [0, 0.1) is 10.1 Å². The number of primary amides is 1. The van der Waals surface area contributed by atoms with Gasteiger partial charge in [-0.3, -0.25) is 14.9 Å². The van der Waals surface area contributed by atoms with Crippen LogP contribution in [0.5, 0.6) is 0 Å². The van der Waals surface area contributed by atoms with Gasteiger partial charge in [0, 0.05) is 37.5 Å². The predicted octanol–water partition coefficient (Wildman–Crippen LogP) is 0.0760. The first-order valence-corrected chi connectivity index (χ1v) is 6.12. The van der Waals surface area contributed by atoms with E-state index >= 15 is 0 Å². The van der Waals surface area contributed by atoms with Crippen LogP contribution in [-0.4, -0.2) is 41.7 Å². The van der Waals surface area contributed by atoms with Crippen LogP contribution in [0.25, 0.3) is 0 Å². The van der Waals surface area contributed by atoms with E-state index < -0.39 is 16.9 Å². The van der Waals surface area contributed by atoms with Crippen molar-refractivity contribution in [1.29, 1.82) is 0 Å². The normalized spacial score (nSPS) is 11.9. The van der Waals surface area contributed by atoms with Crippen LogP contribution in [0.3, 0.4) is 0 Å². The van der Waals surface area contributed by atoms with Crippen molar-refractivity contribution in [3.05, 3.63) is 33.9 Å². The molecule has 1 atom stereocenters. The van der Waals surface area contributed by atoms with Crippen molar-refractivity contribution < 1.29 is 14.8 Å². The molecule has 5 N–H and O–H groups in total. The van der Waals surface area contributed by atoms with Crippen molar-refractivity contribution in [2.75, 3.05) is 25.0 Å². The summed E-state index contributed by atoms with van der Waals surface area (Å²) >= 11 is 0. The number of hydrogen-bond acceptors (Lipinski definition) is 6. The number of nitrogens with two attached hydrogens (primary N) is 1. The molecule has 0 fully saturated rings. The van der Waals surface area contributed by atoms with Crippen molar-refractivity contribution >= 4 is 17.3 Å². The SMILES string of the molecule is CC(O)CNCCNc1ccc([N+](=O)[O-])cc1C(N)=O. The lowest BCUT2D eigenvalue weighted by atomic mass is 10.1. The van der Waals surface area contributed by atoms with E-state index in [1.807, 2.05) is 0 Å². The Labute approximate surface area is 116 Å². The molecule has 1 unspecified atom stereocenters. The topological polar surface area (TPSA) is 131 Å². The second-order valence-electron chi connectivity index (χ2n) is 4.33. The minimum Gasteiger partial charge on any atom is -0.392 e. The number of nitrogens with zero attached hydrogens (tertiary/aromatic N) is 1. The second-order valence-corrected chi connectivity index (χ2v) is 4.33. The highest BCUT2D eigenvalue weighted by atomic mass is 16.6. The van der Waals surface area contributed by atoms with Crippen molar-refractivity contribution in [1.82, 2.24) is 5.32 Å². The molecule has 1 aromatic carbocycles. The van der Waals surface area contributed by atoms with Crippen LogP contribution in [0.1, 0.15) is 17.3 Å². The summed E-state index contributed by atoms with van der Waals surface area (Å²) in [4.78, 5) is 21.4. The molecule has 0 aliphatic carbocycles.